The summed E-state index contributed by atoms with van der Waals surface area (Å²) in [4.78, 5) is 60.3. The minimum Gasteiger partial charge on any atom is -0.493 e. The van der Waals surface area contributed by atoms with Gasteiger partial charge in [0.2, 0.25) is 7.37 Å². The average molecular weight is 489 g/mol. The number of benzene rings is 1. The Kier molecular flexibility index (Phi) is 8.71. The first-order valence-corrected chi connectivity index (χ1v) is 13.6. The zero-order chi connectivity index (χ0) is 23.9. The molecule has 2 amide bonds. The number of carbonyl (C=O) groups is 4. The van der Waals surface area contributed by atoms with Gasteiger partial charge in [-0.2, -0.15) is 0 Å². The summed E-state index contributed by atoms with van der Waals surface area (Å²) in [6.07, 6.45) is -1.80. The molecule has 1 aliphatic rings. The number of hydroxylamine groups is 2. The predicted molar refractivity (Wildman–Crippen MR) is 112 cm³/mol. The van der Waals surface area contributed by atoms with E-state index in [4.69, 9.17) is 4.74 Å². The molecule has 1 atom stereocenters. The Morgan fingerprint density at radius 1 is 1.06 bits per heavy atom. The van der Waals surface area contributed by atoms with Gasteiger partial charge in [0.15, 0.2) is 15.6 Å². The number of imide groups is 1. The maximum atomic E-state index is 12.2. The van der Waals surface area contributed by atoms with Crippen LogP contribution in [0, 0.1) is 0 Å². The molecule has 1 saturated heterocycles. The van der Waals surface area contributed by atoms with Crippen molar-refractivity contribution in [2.45, 2.75) is 26.2 Å². The van der Waals surface area contributed by atoms with Gasteiger partial charge >= 0.3 is 5.97 Å². The molecule has 0 spiro atoms. The summed E-state index contributed by atoms with van der Waals surface area (Å²) in [7, 11) is -7.67. The number of sulfone groups is 1. The first kappa shape index (κ1) is 25.7. The fourth-order valence-electron chi connectivity index (χ4n) is 2.64. The zero-order valence-electron chi connectivity index (χ0n) is 17.4. The number of hydrogen-bond donors (Lipinski definition) is 1. The number of ketones is 1. The lowest BCUT2D eigenvalue weighted by molar-refractivity contribution is -0.197. The third-order valence-corrected chi connectivity index (χ3v) is 8.30. The minimum absolute atomic E-state index is 0.0735. The molecule has 11 nitrogen and oxygen atoms in total. The van der Waals surface area contributed by atoms with Crippen molar-refractivity contribution in [1.82, 2.24) is 5.06 Å². The third-order valence-electron chi connectivity index (χ3n) is 4.54. The average Bonchev–Trinajstić information content (AvgIpc) is 3.03. The van der Waals surface area contributed by atoms with Gasteiger partial charge < -0.3 is 14.5 Å². The van der Waals surface area contributed by atoms with E-state index in [-0.39, 0.29) is 31.0 Å². The van der Waals surface area contributed by atoms with Gasteiger partial charge in [-0.25, -0.2) is 13.2 Å². The van der Waals surface area contributed by atoms with E-state index in [2.05, 4.69) is 4.84 Å². The number of rotatable bonds is 12. The molecule has 2 rings (SSSR count). The van der Waals surface area contributed by atoms with Gasteiger partial charge in [0.25, 0.3) is 11.8 Å². The van der Waals surface area contributed by atoms with Crippen molar-refractivity contribution in [3.8, 4) is 5.75 Å². The SMILES string of the molecule is CC(=O)c1ccc(OCCS(=O)(=O)CCP(=O)(O)CCC(=O)ON2C(=O)CCC2=O)cc1. The monoisotopic (exact) mass is 489 g/mol. The summed E-state index contributed by atoms with van der Waals surface area (Å²) in [6, 6.07) is 6.17. The van der Waals surface area contributed by atoms with E-state index < -0.39 is 59.5 Å². The second kappa shape index (κ2) is 10.8. The number of nitrogens with zero attached hydrogens (tertiary/aromatic N) is 1. The van der Waals surface area contributed by atoms with E-state index in [0.29, 0.717) is 16.4 Å². The highest BCUT2D eigenvalue weighted by molar-refractivity contribution is 7.91. The van der Waals surface area contributed by atoms with E-state index >= 15 is 0 Å². The molecule has 0 aliphatic carbocycles. The van der Waals surface area contributed by atoms with Crippen molar-refractivity contribution in [3.05, 3.63) is 29.8 Å². The molecule has 1 unspecified atom stereocenters. The second-order valence-electron chi connectivity index (χ2n) is 7.17. The van der Waals surface area contributed by atoms with Crippen LogP contribution in [0.15, 0.2) is 24.3 Å². The van der Waals surface area contributed by atoms with Crippen LogP contribution in [-0.2, 0) is 33.6 Å². The summed E-state index contributed by atoms with van der Waals surface area (Å²) < 4.78 is 41.8. The topological polar surface area (TPSA) is 161 Å². The fraction of sp³-hybridized carbons (Fsp3) is 0.474. The van der Waals surface area contributed by atoms with Crippen molar-refractivity contribution in [3.63, 3.8) is 0 Å². The molecule has 1 aromatic rings. The van der Waals surface area contributed by atoms with E-state index in [0.717, 1.165) is 0 Å². The van der Waals surface area contributed by atoms with E-state index in [1.807, 2.05) is 0 Å². The third kappa shape index (κ3) is 8.18. The molecule has 0 radical (unpaired) electrons. The molecule has 0 bridgehead atoms. The number of Topliss-reactive ketones (excluding diaryl/α,β-unsaturated/α-hetero) is 1. The van der Waals surface area contributed by atoms with Crippen molar-refractivity contribution < 1.29 is 46.6 Å². The van der Waals surface area contributed by atoms with Gasteiger partial charge in [-0.3, -0.25) is 18.9 Å². The summed E-state index contributed by atoms with van der Waals surface area (Å²) in [5.74, 6) is -3.06. The molecular formula is C19H24NO10PS. The van der Waals surface area contributed by atoms with Crippen molar-refractivity contribution >= 4 is 40.8 Å². The molecule has 1 heterocycles. The maximum Gasteiger partial charge on any atom is 0.333 e. The molecule has 176 valence electrons. The van der Waals surface area contributed by atoms with Crippen LogP contribution in [0.1, 0.15) is 36.5 Å². The van der Waals surface area contributed by atoms with E-state index in [1.165, 1.54) is 19.1 Å². The van der Waals surface area contributed by atoms with Gasteiger partial charge in [0, 0.05) is 30.7 Å². The first-order valence-electron chi connectivity index (χ1n) is 9.70. The lowest BCUT2D eigenvalue weighted by Gasteiger charge is -2.14. The Balaban J connectivity index is 1.73. The Morgan fingerprint density at radius 3 is 2.22 bits per heavy atom. The van der Waals surface area contributed by atoms with Crippen LogP contribution in [0.2, 0.25) is 0 Å². The zero-order valence-corrected chi connectivity index (χ0v) is 19.1. The van der Waals surface area contributed by atoms with Crippen molar-refractivity contribution in [1.29, 1.82) is 0 Å². The van der Waals surface area contributed by atoms with Crippen LogP contribution in [-0.4, -0.2) is 72.4 Å². The fourth-order valence-corrected chi connectivity index (χ4v) is 6.19. The summed E-state index contributed by atoms with van der Waals surface area (Å²) >= 11 is 0. The molecule has 1 N–H and O–H groups in total. The van der Waals surface area contributed by atoms with Crippen LogP contribution in [0.3, 0.4) is 0 Å². The second-order valence-corrected chi connectivity index (χ2v) is 12.1. The Morgan fingerprint density at radius 2 is 1.66 bits per heavy atom. The van der Waals surface area contributed by atoms with Crippen LogP contribution < -0.4 is 4.74 Å². The summed E-state index contributed by atoms with van der Waals surface area (Å²) in [5, 5.41) is 0.336. The first-order chi connectivity index (χ1) is 14.9. The molecular weight excluding hydrogens is 465 g/mol. The van der Waals surface area contributed by atoms with Gasteiger partial charge in [0.05, 0.1) is 17.9 Å². The number of amides is 2. The molecule has 13 heteroatoms. The highest BCUT2D eigenvalue weighted by Crippen LogP contribution is 2.41. The molecule has 1 aromatic carbocycles. The summed E-state index contributed by atoms with van der Waals surface area (Å²) in [5.41, 5.74) is 0.492. The van der Waals surface area contributed by atoms with Crippen LogP contribution in [0.4, 0.5) is 0 Å². The molecule has 0 aromatic heterocycles. The summed E-state index contributed by atoms with van der Waals surface area (Å²) in [6.45, 7) is 1.24. The van der Waals surface area contributed by atoms with Gasteiger partial charge in [0.1, 0.15) is 12.4 Å². The lowest BCUT2D eigenvalue weighted by atomic mass is 10.1. The van der Waals surface area contributed by atoms with Crippen LogP contribution >= 0.6 is 7.37 Å². The Hall–Kier alpha value is -2.56. The highest BCUT2D eigenvalue weighted by Gasteiger charge is 2.33. The quantitative estimate of drug-likeness (QED) is 0.254. The Bertz CT molecular complexity index is 1020. The van der Waals surface area contributed by atoms with Crippen LogP contribution in [0.25, 0.3) is 0 Å². The molecule has 0 saturated carbocycles. The van der Waals surface area contributed by atoms with Crippen molar-refractivity contribution in [2.24, 2.45) is 0 Å². The van der Waals surface area contributed by atoms with Gasteiger partial charge in [-0.15, -0.1) is 5.06 Å². The predicted octanol–water partition coefficient (Wildman–Crippen LogP) is 0.950. The number of hydrogen-bond acceptors (Lipinski definition) is 9. The standard InChI is InChI=1S/C19H24NO10PS/c1-14(21)15-2-4-16(5-3-15)29-9-12-32(27,28)13-11-31(25,26)10-8-19(24)30-20-17(22)6-7-18(20)23/h2-5H,6-13H2,1H3,(H,25,26). The van der Waals surface area contributed by atoms with E-state index in [9.17, 15) is 37.1 Å². The maximum absolute atomic E-state index is 12.2. The number of carbonyl (C=O) groups excluding carboxylic acids is 4. The normalized spacial score (nSPS) is 16.0. The molecule has 32 heavy (non-hydrogen) atoms. The van der Waals surface area contributed by atoms with Crippen molar-refractivity contribution in [2.75, 3.05) is 30.4 Å². The van der Waals surface area contributed by atoms with Gasteiger partial charge in [-0.1, -0.05) is 0 Å². The minimum atomic E-state index is -3.96. The Labute approximate surface area is 185 Å². The van der Waals surface area contributed by atoms with Gasteiger partial charge in [-0.05, 0) is 31.2 Å². The lowest BCUT2D eigenvalue weighted by Crippen LogP contribution is -2.32. The smallest absolute Gasteiger partial charge is 0.333 e. The molecule has 1 fully saturated rings. The van der Waals surface area contributed by atoms with Crippen LogP contribution in [0.5, 0.6) is 5.75 Å². The number of ether oxygens (including phenoxy) is 1. The van der Waals surface area contributed by atoms with E-state index in [1.54, 1.807) is 12.1 Å². The highest BCUT2D eigenvalue weighted by atomic mass is 32.2. The largest absolute Gasteiger partial charge is 0.493 e. The molecule has 1 aliphatic heterocycles.